The Morgan fingerprint density at radius 1 is 1.07 bits per heavy atom. The molecule has 6 nitrogen and oxygen atoms in total. The summed E-state index contributed by atoms with van der Waals surface area (Å²) in [4.78, 5) is 16.9. The van der Waals surface area contributed by atoms with E-state index in [0.29, 0.717) is 30.2 Å². The number of anilines is 1. The van der Waals surface area contributed by atoms with E-state index < -0.39 is 0 Å². The van der Waals surface area contributed by atoms with Gasteiger partial charge in [0.05, 0.1) is 31.3 Å². The van der Waals surface area contributed by atoms with E-state index in [9.17, 15) is 4.79 Å². The Morgan fingerprint density at radius 3 is 2.67 bits per heavy atom. The third-order valence-corrected chi connectivity index (χ3v) is 5.74. The van der Waals surface area contributed by atoms with Gasteiger partial charge in [0.1, 0.15) is 0 Å². The van der Waals surface area contributed by atoms with Crippen LogP contribution in [0.1, 0.15) is 5.56 Å². The Hall–Kier alpha value is -3.19. The number of rotatable bonds is 7. The molecule has 0 aromatic heterocycles. The van der Waals surface area contributed by atoms with Crippen molar-refractivity contribution in [2.45, 2.75) is 6.42 Å². The number of amidine groups is 1. The molecule has 3 aromatic rings. The van der Waals surface area contributed by atoms with Crippen LogP contribution in [0.25, 0.3) is 10.8 Å². The van der Waals surface area contributed by atoms with Crippen LogP contribution < -0.4 is 20.1 Å². The minimum absolute atomic E-state index is 0.0259. The number of hydrogen-bond donors (Lipinski definition) is 2. The maximum absolute atomic E-state index is 12.3. The van der Waals surface area contributed by atoms with Gasteiger partial charge in [-0.2, -0.15) is 0 Å². The highest BCUT2D eigenvalue weighted by molar-refractivity contribution is 8.14. The summed E-state index contributed by atoms with van der Waals surface area (Å²) in [6, 6.07) is 18.0. The molecule has 0 atom stereocenters. The second kappa shape index (κ2) is 9.09. The first-order valence-electron chi connectivity index (χ1n) is 9.66. The zero-order valence-corrected chi connectivity index (χ0v) is 17.7. The van der Waals surface area contributed by atoms with E-state index in [1.165, 1.54) is 11.8 Å². The van der Waals surface area contributed by atoms with Crippen LogP contribution in [0.15, 0.2) is 59.6 Å². The fraction of sp³-hybridized carbons (Fsp3) is 0.217. The van der Waals surface area contributed by atoms with E-state index in [1.807, 2.05) is 42.5 Å². The maximum atomic E-state index is 12.3. The Morgan fingerprint density at radius 2 is 1.87 bits per heavy atom. The lowest BCUT2D eigenvalue weighted by Crippen LogP contribution is -2.28. The number of hydrogen-bond acceptors (Lipinski definition) is 6. The lowest BCUT2D eigenvalue weighted by Gasteiger charge is -2.18. The van der Waals surface area contributed by atoms with Gasteiger partial charge in [0.15, 0.2) is 16.7 Å². The van der Waals surface area contributed by atoms with Crippen molar-refractivity contribution in [1.82, 2.24) is 5.32 Å². The van der Waals surface area contributed by atoms with Crippen LogP contribution in [0.5, 0.6) is 11.5 Å². The molecule has 0 fully saturated rings. The average Bonchev–Trinajstić information content (AvgIpc) is 2.78. The van der Waals surface area contributed by atoms with Gasteiger partial charge >= 0.3 is 0 Å². The summed E-state index contributed by atoms with van der Waals surface area (Å²) in [6.07, 6.45) is 0.714. The van der Waals surface area contributed by atoms with E-state index in [2.05, 4.69) is 27.8 Å². The molecule has 154 valence electrons. The average molecular weight is 422 g/mol. The van der Waals surface area contributed by atoms with Gasteiger partial charge in [0, 0.05) is 11.9 Å². The third-order valence-electron chi connectivity index (χ3n) is 4.87. The van der Waals surface area contributed by atoms with Crippen LogP contribution in [0.3, 0.4) is 0 Å². The lowest BCUT2D eigenvalue weighted by molar-refractivity contribution is -0.118. The standard InChI is InChI=1S/C23H23N3O3S/c1-28-19-10-9-15(13-20(19)29-2)11-12-24-21(27)14-30-23-25-17-7-3-5-16-6-4-8-18(26-23)22(16)17/h3-10,13H,11-12,14H2,1-2H3,(H,24,27)(H,25,26). The second-order valence-corrected chi connectivity index (χ2v) is 7.76. The molecule has 1 amide bonds. The van der Waals surface area contributed by atoms with Crippen LogP contribution in [0.4, 0.5) is 11.4 Å². The third kappa shape index (κ3) is 4.36. The van der Waals surface area contributed by atoms with Gasteiger partial charge < -0.3 is 20.1 Å². The highest BCUT2D eigenvalue weighted by Gasteiger charge is 2.15. The van der Waals surface area contributed by atoms with Gasteiger partial charge in [-0.25, -0.2) is 4.99 Å². The number of nitrogens with one attached hydrogen (secondary N) is 2. The van der Waals surface area contributed by atoms with Crippen molar-refractivity contribution >= 4 is 45.0 Å². The molecule has 0 aliphatic carbocycles. The molecule has 4 rings (SSSR count). The molecule has 0 saturated carbocycles. The number of ether oxygens (including phenoxy) is 2. The van der Waals surface area contributed by atoms with Gasteiger partial charge in [0.25, 0.3) is 0 Å². The molecule has 2 N–H and O–H groups in total. The molecular formula is C23H23N3O3S. The molecule has 0 bridgehead atoms. The first-order valence-corrected chi connectivity index (χ1v) is 10.6. The van der Waals surface area contributed by atoms with Crippen LogP contribution >= 0.6 is 11.8 Å². The zero-order valence-electron chi connectivity index (χ0n) is 16.9. The van der Waals surface area contributed by atoms with E-state index in [0.717, 1.165) is 32.9 Å². The molecule has 0 saturated heterocycles. The van der Waals surface area contributed by atoms with Crippen molar-refractivity contribution in [2.75, 3.05) is 31.8 Å². The number of benzene rings is 3. The number of carbonyl (C=O) groups excluding carboxylic acids is 1. The second-order valence-electron chi connectivity index (χ2n) is 6.80. The van der Waals surface area contributed by atoms with Crippen LogP contribution in [-0.2, 0) is 11.2 Å². The van der Waals surface area contributed by atoms with Crippen molar-refractivity contribution in [1.29, 1.82) is 0 Å². The summed E-state index contributed by atoms with van der Waals surface area (Å²) in [5.41, 5.74) is 3.02. The highest BCUT2D eigenvalue weighted by atomic mass is 32.2. The monoisotopic (exact) mass is 421 g/mol. The fourth-order valence-corrected chi connectivity index (χ4v) is 4.12. The predicted molar refractivity (Wildman–Crippen MR) is 123 cm³/mol. The summed E-state index contributed by atoms with van der Waals surface area (Å²) in [6.45, 7) is 0.553. The first kappa shape index (κ1) is 20.1. The molecule has 0 spiro atoms. The maximum Gasteiger partial charge on any atom is 0.230 e. The molecule has 1 aliphatic rings. The van der Waals surface area contributed by atoms with Crippen molar-refractivity contribution in [3.63, 3.8) is 0 Å². The van der Waals surface area contributed by atoms with Crippen molar-refractivity contribution in [2.24, 2.45) is 4.99 Å². The van der Waals surface area contributed by atoms with E-state index in [-0.39, 0.29) is 5.91 Å². The number of methoxy groups -OCH3 is 2. The molecule has 1 aliphatic heterocycles. The van der Waals surface area contributed by atoms with Crippen LogP contribution in [-0.4, -0.2) is 37.6 Å². The molecule has 0 unspecified atom stereocenters. The van der Waals surface area contributed by atoms with Crippen molar-refractivity contribution in [3.8, 4) is 11.5 Å². The van der Waals surface area contributed by atoms with Gasteiger partial charge in [0.2, 0.25) is 5.91 Å². The fourth-order valence-electron chi connectivity index (χ4n) is 3.41. The minimum Gasteiger partial charge on any atom is -0.493 e. The van der Waals surface area contributed by atoms with Crippen molar-refractivity contribution in [3.05, 3.63) is 60.2 Å². The number of carbonyl (C=O) groups is 1. The number of nitrogens with zero attached hydrogens (tertiary/aromatic N) is 1. The summed E-state index contributed by atoms with van der Waals surface area (Å²) >= 11 is 1.40. The smallest absolute Gasteiger partial charge is 0.230 e. The topological polar surface area (TPSA) is 72.0 Å². The van der Waals surface area contributed by atoms with Gasteiger partial charge in [-0.15, -0.1) is 0 Å². The largest absolute Gasteiger partial charge is 0.493 e. The predicted octanol–water partition coefficient (Wildman–Crippen LogP) is 4.36. The number of aliphatic imine (C=N–C) groups is 1. The zero-order chi connectivity index (χ0) is 20.9. The van der Waals surface area contributed by atoms with Gasteiger partial charge in [-0.05, 0) is 41.6 Å². The minimum atomic E-state index is -0.0259. The molecular weight excluding hydrogens is 398 g/mol. The van der Waals surface area contributed by atoms with Crippen LogP contribution in [0, 0.1) is 0 Å². The first-order chi connectivity index (χ1) is 14.7. The lowest BCUT2D eigenvalue weighted by atomic mass is 10.1. The Labute approximate surface area is 179 Å². The summed E-state index contributed by atoms with van der Waals surface area (Å²) in [5, 5.41) is 9.29. The van der Waals surface area contributed by atoms with Gasteiger partial charge in [-0.1, -0.05) is 42.1 Å². The highest BCUT2D eigenvalue weighted by Crippen LogP contribution is 2.36. The molecule has 30 heavy (non-hydrogen) atoms. The Bertz CT molecular complexity index is 1110. The molecule has 1 heterocycles. The molecule has 7 heteroatoms. The number of thioether (sulfide) groups is 1. The van der Waals surface area contributed by atoms with E-state index >= 15 is 0 Å². The molecule has 0 radical (unpaired) electrons. The van der Waals surface area contributed by atoms with Crippen molar-refractivity contribution < 1.29 is 14.3 Å². The van der Waals surface area contributed by atoms with Crippen LogP contribution in [0.2, 0.25) is 0 Å². The summed E-state index contributed by atoms with van der Waals surface area (Å²) in [7, 11) is 3.22. The number of amides is 1. The Kier molecular flexibility index (Phi) is 6.09. The van der Waals surface area contributed by atoms with E-state index in [4.69, 9.17) is 9.47 Å². The van der Waals surface area contributed by atoms with Gasteiger partial charge in [-0.3, -0.25) is 4.79 Å². The summed E-state index contributed by atoms with van der Waals surface area (Å²) < 4.78 is 10.6. The molecule has 3 aromatic carbocycles. The quantitative estimate of drug-likeness (QED) is 0.593. The summed E-state index contributed by atoms with van der Waals surface area (Å²) in [5.74, 6) is 1.66. The SMILES string of the molecule is COc1ccc(CCNC(=O)CSC2=Nc3cccc4cccc(c34)N2)cc1OC. The normalized spacial score (nSPS) is 12.1. The van der Waals surface area contributed by atoms with E-state index in [1.54, 1.807) is 14.2 Å². The Balaban J connectivity index is 1.29.